The molecule has 0 N–H and O–H groups in total. The fraction of sp³-hybridized carbons (Fsp3) is 0.231. The molecule has 0 saturated carbocycles. The van der Waals surface area contributed by atoms with E-state index in [0.29, 0.717) is 5.56 Å². The second-order valence-electron chi connectivity index (χ2n) is 4.42. The van der Waals surface area contributed by atoms with E-state index in [1.807, 2.05) is 0 Å². The molecule has 0 saturated heterocycles. The van der Waals surface area contributed by atoms with E-state index in [9.17, 15) is 17.6 Å². The van der Waals surface area contributed by atoms with Crippen molar-refractivity contribution in [2.75, 3.05) is 7.05 Å². The first-order chi connectivity index (χ1) is 9.79. The zero-order valence-electron chi connectivity index (χ0n) is 11.4. The van der Waals surface area contributed by atoms with E-state index in [1.54, 1.807) is 6.07 Å². The number of nitrogens with zero attached hydrogens (tertiary/aromatic N) is 2. The highest BCUT2D eigenvalue weighted by atomic mass is 32.2. The van der Waals surface area contributed by atoms with Gasteiger partial charge in [0.05, 0.1) is 11.3 Å². The largest absolute Gasteiger partial charge is 0.457 e. The first-order valence-electron chi connectivity index (χ1n) is 5.98. The molecule has 0 spiro atoms. The zero-order valence-corrected chi connectivity index (χ0v) is 12.2. The number of ether oxygens (including phenoxy) is 1. The number of carbonyl (C=O) groups is 1. The molecular weight excluding hydrogens is 299 g/mol. The average Bonchev–Trinajstić information content (AvgIpc) is 2.40. The van der Waals surface area contributed by atoms with Crippen molar-refractivity contribution >= 4 is 21.9 Å². The first-order valence-corrected chi connectivity index (χ1v) is 7.37. The van der Waals surface area contributed by atoms with Gasteiger partial charge in [-0.2, -0.15) is 8.42 Å². The Morgan fingerprint density at radius 1 is 1.43 bits per heavy atom. The maximum absolute atomic E-state index is 13.0. The van der Waals surface area contributed by atoms with Crippen LogP contribution in [-0.4, -0.2) is 31.5 Å². The van der Waals surface area contributed by atoms with Crippen LogP contribution in [0.3, 0.4) is 0 Å². The molecule has 0 radical (unpaired) electrons. The van der Waals surface area contributed by atoms with Gasteiger partial charge in [-0.05, 0) is 24.6 Å². The van der Waals surface area contributed by atoms with Crippen LogP contribution in [0, 0.1) is 5.82 Å². The highest BCUT2D eigenvalue weighted by Crippen LogP contribution is 2.16. The predicted molar refractivity (Wildman–Crippen MR) is 74.1 cm³/mol. The minimum Gasteiger partial charge on any atom is -0.457 e. The van der Waals surface area contributed by atoms with Crippen molar-refractivity contribution in [3.8, 4) is 0 Å². The molecule has 0 atom stereocenters. The van der Waals surface area contributed by atoms with Gasteiger partial charge < -0.3 is 4.74 Å². The topological polar surface area (TPSA) is 76.0 Å². The molecule has 0 aromatic heterocycles. The summed E-state index contributed by atoms with van der Waals surface area (Å²) < 4.78 is 45.3. The summed E-state index contributed by atoms with van der Waals surface area (Å²) >= 11 is 0. The minimum absolute atomic E-state index is 0.0451. The van der Waals surface area contributed by atoms with Crippen molar-refractivity contribution in [3.63, 3.8) is 0 Å². The molecule has 0 unspecified atom stereocenters. The molecule has 1 aromatic carbocycles. The summed E-state index contributed by atoms with van der Waals surface area (Å²) in [6, 6.07) is 5.65. The summed E-state index contributed by atoms with van der Waals surface area (Å²) in [6.07, 6.45) is 1.14. The van der Waals surface area contributed by atoms with E-state index in [4.69, 9.17) is 4.74 Å². The Hall–Kier alpha value is -2.22. The van der Waals surface area contributed by atoms with E-state index in [0.717, 1.165) is 10.5 Å². The molecule has 0 aliphatic carbocycles. The monoisotopic (exact) mass is 312 g/mol. The van der Waals surface area contributed by atoms with Gasteiger partial charge in [-0.1, -0.05) is 12.1 Å². The lowest BCUT2D eigenvalue weighted by Gasteiger charge is -2.19. The third kappa shape index (κ3) is 3.46. The van der Waals surface area contributed by atoms with Crippen molar-refractivity contribution in [1.82, 2.24) is 4.31 Å². The molecule has 8 heteroatoms. The van der Waals surface area contributed by atoms with Crippen LogP contribution < -0.4 is 0 Å². The number of hydrogen-bond donors (Lipinski definition) is 0. The van der Waals surface area contributed by atoms with Crippen molar-refractivity contribution in [1.29, 1.82) is 0 Å². The lowest BCUT2D eigenvalue weighted by molar-refractivity contribution is -0.139. The molecule has 112 valence electrons. The Bertz CT molecular complexity index is 740. The smallest absolute Gasteiger partial charge is 0.344 e. The van der Waals surface area contributed by atoms with Crippen molar-refractivity contribution < 1.29 is 22.3 Å². The first kappa shape index (κ1) is 15.2. The molecule has 6 nitrogen and oxygen atoms in total. The van der Waals surface area contributed by atoms with Crippen LogP contribution >= 0.6 is 0 Å². The van der Waals surface area contributed by atoms with Crippen LogP contribution in [0.1, 0.15) is 12.5 Å². The molecular formula is C13H13FN2O4S. The van der Waals surface area contributed by atoms with Gasteiger partial charge in [-0.15, -0.1) is 4.40 Å². The van der Waals surface area contributed by atoms with Crippen LogP contribution in [-0.2, 0) is 26.3 Å². The summed E-state index contributed by atoms with van der Waals surface area (Å²) in [5, 5.41) is 0. The number of rotatable bonds is 3. The normalized spacial score (nSPS) is 17.0. The van der Waals surface area contributed by atoms with E-state index >= 15 is 0 Å². The fourth-order valence-corrected chi connectivity index (χ4v) is 2.49. The summed E-state index contributed by atoms with van der Waals surface area (Å²) in [7, 11) is -2.49. The molecule has 0 fully saturated rings. The molecule has 0 bridgehead atoms. The summed E-state index contributed by atoms with van der Waals surface area (Å²) in [5.74, 6) is -1.15. The second-order valence-corrected chi connectivity index (χ2v) is 6.07. The maximum atomic E-state index is 13.0. The molecule has 21 heavy (non-hydrogen) atoms. The van der Waals surface area contributed by atoms with Crippen molar-refractivity contribution in [2.45, 2.75) is 13.5 Å². The number of benzene rings is 1. The van der Waals surface area contributed by atoms with Crippen LogP contribution in [0.5, 0.6) is 0 Å². The quantitative estimate of drug-likeness (QED) is 0.791. The predicted octanol–water partition coefficient (Wildman–Crippen LogP) is 1.40. The van der Waals surface area contributed by atoms with Crippen LogP contribution in [0.15, 0.2) is 40.4 Å². The van der Waals surface area contributed by atoms with E-state index in [1.165, 1.54) is 32.2 Å². The molecule has 2 rings (SSSR count). The highest BCUT2D eigenvalue weighted by molar-refractivity contribution is 7.88. The lowest BCUT2D eigenvalue weighted by Crippen LogP contribution is -2.29. The van der Waals surface area contributed by atoms with Gasteiger partial charge in [0.25, 0.3) is 0 Å². The van der Waals surface area contributed by atoms with Gasteiger partial charge in [0.2, 0.25) is 0 Å². The van der Waals surface area contributed by atoms with Crippen LogP contribution in [0.4, 0.5) is 4.39 Å². The summed E-state index contributed by atoms with van der Waals surface area (Å²) in [4.78, 5) is 11.9. The van der Waals surface area contributed by atoms with Crippen LogP contribution in [0.25, 0.3) is 0 Å². The Kier molecular flexibility index (Phi) is 4.08. The average molecular weight is 312 g/mol. The van der Waals surface area contributed by atoms with Gasteiger partial charge >= 0.3 is 16.2 Å². The number of esters is 1. The van der Waals surface area contributed by atoms with Crippen LogP contribution in [0.2, 0.25) is 0 Å². The lowest BCUT2D eigenvalue weighted by atomic mass is 10.2. The van der Waals surface area contributed by atoms with E-state index < -0.39 is 22.0 Å². The highest BCUT2D eigenvalue weighted by Gasteiger charge is 2.26. The Morgan fingerprint density at radius 3 is 2.81 bits per heavy atom. The van der Waals surface area contributed by atoms with Gasteiger partial charge in [-0.25, -0.2) is 9.18 Å². The van der Waals surface area contributed by atoms with Gasteiger partial charge in [-0.3, -0.25) is 4.31 Å². The van der Waals surface area contributed by atoms with Gasteiger partial charge in [0.1, 0.15) is 12.4 Å². The number of carbonyl (C=O) groups excluding carboxylic acids is 1. The molecule has 0 amide bonds. The zero-order chi connectivity index (χ0) is 15.6. The van der Waals surface area contributed by atoms with Gasteiger partial charge in [0, 0.05) is 13.2 Å². The molecule has 1 aliphatic rings. The third-order valence-electron chi connectivity index (χ3n) is 2.80. The van der Waals surface area contributed by atoms with Gasteiger partial charge in [0.15, 0.2) is 0 Å². The Morgan fingerprint density at radius 2 is 2.14 bits per heavy atom. The number of hydrogen-bond acceptors (Lipinski definition) is 4. The SMILES string of the molecule is CC1=NS(=O)(=O)N(C)C=C1C(=O)OCc1cccc(F)c1. The Balaban J connectivity index is 2.09. The minimum atomic E-state index is -3.76. The maximum Gasteiger partial charge on any atom is 0.344 e. The summed E-state index contributed by atoms with van der Waals surface area (Å²) in [5.41, 5.74) is 0.594. The number of halogens is 1. The third-order valence-corrected chi connectivity index (χ3v) is 4.13. The Labute approximate surface area is 121 Å². The van der Waals surface area contributed by atoms with E-state index in [-0.39, 0.29) is 17.9 Å². The molecule has 1 aliphatic heterocycles. The molecule has 1 heterocycles. The van der Waals surface area contributed by atoms with Crippen molar-refractivity contribution in [3.05, 3.63) is 47.4 Å². The summed E-state index contributed by atoms with van der Waals surface area (Å²) in [6.45, 7) is 1.29. The molecule has 1 aromatic rings. The van der Waals surface area contributed by atoms with E-state index in [2.05, 4.69) is 4.40 Å². The second kappa shape index (κ2) is 5.65. The standard InChI is InChI=1S/C13H13FN2O4S/c1-9-12(7-16(2)21(18,19)15-9)13(17)20-8-10-4-3-5-11(14)6-10/h3-7H,8H2,1-2H3. The fourth-order valence-electron chi connectivity index (χ4n) is 1.68. The van der Waals surface area contributed by atoms with Crippen molar-refractivity contribution in [2.24, 2.45) is 4.40 Å².